The molecular formula is C23H33ClN6O3S. The minimum absolute atomic E-state index is 0. The summed E-state index contributed by atoms with van der Waals surface area (Å²) in [7, 11) is -3.97. The average Bonchev–Trinajstić information content (AvgIpc) is 2.83. The number of nitrogens with zero attached hydrogens (tertiary/aromatic N) is 3. The maximum absolute atomic E-state index is 13.4. The van der Waals surface area contributed by atoms with E-state index in [4.69, 9.17) is 11.1 Å². The molecule has 186 valence electrons. The SMILES string of the molecule is Cl.N=C(N)N1CCCC(CN(NS(=O)(=O)c2ccc3ccccc3c2)C(=O)N2CCCCC2)C1. The summed E-state index contributed by atoms with van der Waals surface area (Å²) in [5.74, 6) is 0.0149. The fourth-order valence-electron chi connectivity index (χ4n) is 4.63. The number of piperidine rings is 2. The number of carbonyl (C=O) groups excluding carboxylic acids is 1. The van der Waals surface area contributed by atoms with Crippen LogP contribution in [0.1, 0.15) is 32.1 Å². The number of carbonyl (C=O) groups is 1. The number of fused-ring (bicyclic) bond motifs is 1. The number of guanidine groups is 1. The third-order valence-corrected chi connectivity index (χ3v) is 7.75. The summed E-state index contributed by atoms with van der Waals surface area (Å²) in [6.07, 6.45) is 4.58. The molecule has 0 spiro atoms. The second kappa shape index (κ2) is 11.2. The zero-order valence-corrected chi connectivity index (χ0v) is 20.8. The molecule has 0 radical (unpaired) electrons. The molecule has 34 heavy (non-hydrogen) atoms. The van der Waals surface area contributed by atoms with Gasteiger partial charge < -0.3 is 15.5 Å². The third-order valence-electron chi connectivity index (χ3n) is 6.42. The number of rotatable bonds is 5. The normalized spacial score (nSPS) is 18.9. The average molecular weight is 509 g/mol. The predicted molar refractivity (Wildman–Crippen MR) is 135 cm³/mol. The molecule has 2 aliphatic heterocycles. The molecule has 1 unspecified atom stereocenters. The van der Waals surface area contributed by atoms with Crippen molar-refractivity contribution in [1.29, 1.82) is 5.41 Å². The van der Waals surface area contributed by atoms with Crippen molar-refractivity contribution in [2.75, 3.05) is 32.7 Å². The molecule has 2 aromatic carbocycles. The highest BCUT2D eigenvalue weighted by molar-refractivity contribution is 7.89. The molecule has 2 aliphatic rings. The van der Waals surface area contributed by atoms with Gasteiger partial charge in [-0.1, -0.05) is 30.3 Å². The van der Waals surface area contributed by atoms with Crippen LogP contribution in [0.2, 0.25) is 0 Å². The second-order valence-corrected chi connectivity index (χ2v) is 10.5. The minimum Gasteiger partial charge on any atom is -0.370 e. The first-order chi connectivity index (χ1) is 15.8. The van der Waals surface area contributed by atoms with Crippen LogP contribution in [0.4, 0.5) is 4.79 Å². The minimum atomic E-state index is -3.97. The number of nitrogens with two attached hydrogens (primary N) is 1. The van der Waals surface area contributed by atoms with Gasteiger partial charge in [0.25, 0.3) is 10.0 Å². The van der Waals surface area contributed by atoms with Crippen molar-refractivity contribution in [3.8, 4) is 0 Å². The number of sulfonamides is 1. The zero-order chi connectivity index (χ0) is 23.4. The molecule has 4 rings (SSSR count). The van der Waals surface area contributed by atoms with E-state index < -0.39 is 10.0 Å². The number of likely N-dealkylation sites (tertiary alicyclic amines) is 2. The van der Waals surface area contributed by atoms with Crippen molar-refractivity contribution in [3.05, 3.63) is 42.5 Å². The summed E-state index contributed by atoms with van der Waals surface area (Å²) in [4.78, 5) is 19.5. The van der Waals surface area contributed by atoms with E-state index in [1.54, 1.807) is 28.0 Å². The van der Waals surface area contributed by atoms with Crippen LogP contribution in [0, 0.1) is 11.3 Å². The number of urea groups is 1. The number of hydrogen-bond donors (Lipinski definition) is 3. The molecule has 4 N–H and O–H groups in total. The van der Waals surface area contributed by atoms with Crippen molar-refractivity contribution in [2.45, 2.75) is 37.0 Å². The van der Waals surface area contributed by atoms with E-state index in [1.165, 1.54) is 5.01 Å². The molecule has 0 saturated carbocycles. The van der Waals surface area contributed by atoms with Crippen LogP contribution in [0.15, 0.2) is 47.4 Å². The molecule has 2 heterocycles. The van der Waals surface area contributed by atoms with Crippen molar-refractivity contribution in [3.63, 3.8) is 0 Å². The number of benzene rings is 2. The smallest absolute Gasteiger partial charge is 0.335 e. The predicted octanol–water partition coefficient (Wildman–Crippen LogP) is 2.97. The number of hydrogen-bond acceptors (Lipinski definition) is 4. The van der Waals surface area contributed by atoms with Gasteiger partial charge in [-0.2, -0.15) is 0 Å². The highest BCUT2D eigenvalue weighted by atomic mass is 35.5. The van der Waals surface area contributed by atoms with Gasteiger partial charge >= 0.3 is 6.03 Å². The maximum atomic E-state index is 13.4. The molecule has 9 nitrogen and oxygen atoms in total. The molecule has 2 amide bonds. The molecule has 0 bridgehead atoms. The van der Waals surface area contributed by atoms with Crippen LogP contribution in [0.3, 0.4) is 0 Å². The summed E-state index contributed by atoms with van der Waals surface area (Å²) >= 11 is 0. The highest BCUT2D eigenvalue weighted by Gasteiger charge is 2.31. The fourth-order valence-corrected chi connectivity index (χ4v) is 5.71. The summed E-state index contributed by atoms with van der Waals surface area (Å²) in [6, 6.07) is 12.2. The first-order valence-electron chi connectivity index (χ1n) is 11.5. The number of nitrogens with one attached hydrogen (secondary N) is 2. The van der Waals surface area contributed by atoms with Crippen molar-refractivity contribution >= 4 is 45.2 Å². The molecule has 0 aromatic heterocycles. The lowest BCUT2D eigenvalue weighted by Crippen LogP contribution is -2.56. The lowest BCUT2D eigenvalue weighted by Gasteiger charge is -2.38. The summed E-state index contributed by atoms with van der Waals surface area (Å²) in [6.45, 7) is 2.70. The molecule has 2 saturated heterocycles. The Kier molecular flexibility index (Phi) is 8.62. The second-order valence-electron chi connectivity index (χ2n) is 8.88. The first kappa shape index (κ1) is 26.1. The van der Waals surface area contributed by atoms with Crippen LogP contribution in [-0.2, 0) is 10.0 Å². The van der Waals surface area contributed by atoms with Gasteiger partial charge in [-0.15, -0.1) is 17.2 Å². The Balaban J connectivity index is 0.00000324. The van der Waals surface area contributed by atoms with E-state index in [0.717, 1.165) is 42.9 Å². The molecular weight excluding hydrogens is 476 g/mol. The van der Waals surface area contributed by atoms with Gasteiger partial charge in [0.2, 0.25) is 0 Å². The van der Waals surface area contributed by atoms with E-state index in [-0.39, 0.29) is 41.8 Å². The van der Waals surface area contributed by atoms with Crippen LogP contribution in [0.25, 0.3) is 10.8 Å². The van der Waals surface area contributed by atoms with E-state index in [1.807, 2.05) is 24.3 Å². The topological polar surface area (TPSA) is 123 Å². The molecule has 1 atom stereocenters. The monoisotopic (exact) mass is 508 g/mol. The fraction of sp³-hybridized carbons (Fsp3) is 0.478. The Morgan fingerprint density at radius 3 is 2.41 bits per heavy atom. The quantitative estimate of drug-likeness (QED) is 0.325. The zero-order valence-electron chi connectivity index (χ0n) is 19.2. The first-order valence-corrected chi connectivity index (χ1v) is 13.0. The number of hydrazine groups is 1. The van der Waals surface area contributed by atoms with E-state index in [2.05, 4.69) is 4.83 Å². The Morgan fingerprint density at radius 1 is 1.03 bits per heavy atom. The Bertz CT molecular complexity index is 1120. The van der Waals surface area contributed by atoms with Crippen molar-refractivity contribution in [1.82, 2.24) is 19.6 Å². The van der Waals surface area contributed by atoms with Gasteiger partial charge in [0, 0.05) is 32.7 Å². The number of halogens is 1. The largest absolute Gasteiger partial charge is 0.370 e. The van der Waals surface area contributed by atoms with Crippen LogP contribution < -0.4 is 10.6 Å². The van der Waals surface area contributed by atoms with E-state index in [9.17, 15) is 13.2 Å². The van der Waals surface area contributed by atoms with Crippen LogP contribution in [-0.4, -0.2) is 67.9 Å². The summed E-state index contributed by atoms with van der Waals surface area (Å²) < 4.78 is 26.6. The van der Waals surface area contributed by atoms with Crippen molar-refractivity contribution in [2.24, 2.45) is 11.7 Å². The molecule has 11 heteroatoms. The lowest BCUT2D eigenvalue weighted by molar-refractivity contribution is 0.116. The third kappa shape index (κ3) is 6.11. The molecule has 2 aromatic rings. The molecule has 2 fully saturated rings. The molecule has 0 aliphatic carbocycles. The van der Waals surface area contributed by atoms with Gasteiger partial charge in [-0.25, -0.2) is 18.2 Å². The summed E-state index contributed by atoms with van der Waals surface area (Å²) in [5, 5.41) is 10.8. The van der Waals surface area contributed by atoms with Gasteiger partial charge in [0.1, 0.15) is 0 Å². The Hall–Kier alpha value is -2.56. The van der Waals surface area contributed by atoms with Crippen LogP contribution >= 0.6 is 12.4 Å². The van der Waals surface area contributed by atoms with Gasteiger partial charge in [0.05, 0.1) is 4.90 Å². The summed E-state index contributed by atoms with van der Waals surface area (Å²) in [5.41, 5.74) is 5.67. The van der Waals surface area contributed by atoms with Crippen LogP contribution in [0.5, 0.6) is 0 Å². The standard InChI is InChI=1S/C23H32N6O3S.ClH/c24-22(25)28-14-6-7-18(16-28)17-29(23(30)27-12-4-1-5-13-27)26-33(31,32)21-11-10-19-8-2-3-9-20(19)15-21;/h2-3,8-11,15,18,26H,1,4-7,12-14,16-17H2,(H3,24,25);1H. The van der Waals surface area contributed by atoms with E-state index in [0.29, 0.717) is 26.2 Å². The number of amides is 2. The maximum Gasteiger partial charge on any atom is 0.335 e. The van der Waals surface area contributed by atoms with Gasteiger partial charge in [-0.05, 0) is 60.9 Å². The Labute approximate surface area is 207 Å². The lowest BCUT2D eigenvalue weighted by atomic mass is 9.98. The van der Waals surface area contributed by atoms with Gasteiger partial charge in [0.15, 0.2) is 5.96 Å². The van der Waals surface area contributed by atoms with E-state index >= 15 is 0 Å². The van der Waals surface area contributed by atoms with Crippen molar-refractivity contribution < 1.29 is 13.2 Å². The Morgan fingerprint density at radius 2 is 1.71 bits per heavy atom. The highest BCUT2D eigenvalue weighted by Crippen LogP contribution is 2.22. The van der Waals surface area contributed by atoms with Gasteiger partial charge in [-0.3, -0.25) is 5.41 Å².